The third-order valence-corrected chi connectivity index (χ3v) is 5.63. The summed E-state index contributed by atoms with van der Waals surface area (Å²) in [6, 6.07) is 0.0404. The van der Waals surface area contributed by atoms with Crippen LogP contribution in [-0.2, 0) is 0 Å². The second-order valence-corrected chi connectivity index (χ2v) is 7.65. The number of nitro groups is 1. The lowest BCUT2D eigenvalue weighted by Gasteiger charge is -2.29. The lowest BCUT2D eigenvalue weighted by atomic mass is 9.95. The van der Waals surface area contributed by atoms with E-state index in [1.807, 2.05) is 38.1 Å². The van der Waals surface area contributed by atoms with Crippen LogP contribution in [0.4, 0.5) is 0 Å². The first-order valence-corrected chi connectivity index (χ1v) is 10.1. The zero-order chi connectivity index (χ0) is 20.0. The summed E-state index contributed by atoms with van der Waals surface area (Å²) < 4.78 is 0. The van der Waals surface area contributed by atoms with Crippen molar-refractivity contribution in [1.29, 1.82) is 0 Å². The van der Waals surface area contributed by atoms with Crippen molar-refractivity contribution in [1.82, 2.24) is 20.9 Å². The molecule has 2 rings (SSSR count). The normalized spacial score (nSPS) is 23.3. The van der Waals surface area contributed by atoms with Gasteiger partial charge in [0.15, 0.2) is 0 Å². The first-order chi connectivity index (χ1) is 12.8. The lowest BCUT2D eigenvalue weighted by molar-refractivity contribution is -0.432. The predicted octanol–water partition coefficient (Wildman–Crippen LogP) is 3.76. The first kappa shape index (κ1) is 21.1. The molecule has 2 atom stereocenters. The Labute approximate surface area is 163 Å². The van der Waals surface area contributed by atoms with E-state index >= 15 is 0 Å². The van der Waals surface area contributed by atoms with Gasteiger partial charge in [-0.3, -0.25) is 10.1 Å². The van der Waals surface area contributed by atoms with Crippen LogP contribution >= 0.6 is 0 Å². The van der Waals surface area contributed by atoms with Crippen LogP contribution in [-0.4, -0.2) is 28.1 Å². The molecule has 1 aliphatic heterocycles. The Bertz CT molecular complexity index is 620. The average Bonchev–Trinajstić information content (AvgIpc) is 3.07. The van der Waals surface area contributed by atoms with E-state index in [-0.39, 0.29) is 16.8 Å². The van der Waals surface area contributed by atoms with Crippen LogP contribution < -0.4 is 16.0 Å². The highest BCUT2D eigenvalue weighted by atomic mass is 16.6. The molecule has 0 aromatic rings. The molecule has 0 saturated heterocycles. The molecule has 1 saturated carbocycles. The summed E-state index contributed by atoms with van der Waals surface area (Å²) in [7, 11) is 0. The van der Waals surface area contributed by atoms with Gasteiger partial charge < -0.3 is 20.9 Å². The van der Waals surface area contributed by atoms with Gasteiger partial charge >= 0.3 is 0 Å². The lowest BCUT2D eigenvalue weighted by Crippen LogP contribution is -2.43. The molecule has 27 heavy (non-hydrogen) atoms. The molecule has 1 fully saturated rings. The summed E-state index contributed by atoms with van der Waals surface area (Å²) in [6.45, 7) is 9.86. The SMILES string of the molecule is CCC(C)=C(NC1CCCCC1)NC(C)/C(=C(\C)N1C=CNC1C)[N+](=O)[O-]. The molecule has 1 heterocycles. The number of allylic oxidation sites excluding steroid dienone is 2. The maximum atomic E-state index is 11.9. The molecule has 152 valence electrons. The van der Waals surface area contributed by atoms with Crippen molar-refractivity contribution < 1.29 is 4.92 Å². The molecule has 7 nitrogen and oxygen atoms in total. The maximum absolute atomic E-state index is 11.9. The van der Waals surface area contributed by atoms with Gasteiger partial charge in [0.1, 0.15) is 6.04 Å². The minimum Gasteiger partial charge on any atom is -0.370 e. The van der Waals surface area contributed by atoms with Gasteiger partial charge in [-0.05, 0) is 52.5 Å². The molecule has 0 amide bonds. The number of nitrogens with one attached hydrogen (secondary N) is 3. The smallest absolute Gasteiger partial charge is 0.286 e. The molecular formula is C20H35N5O2. The Morgan fingerprint density at radius 3 is 2.52 bits per heavy atom. The van der Waals surface area contributed by atoms with Gasteiger partial charge in [-0.2, -0.15) is 0 Å². The van der Waals surface area contributed by atoms with Crippen LogP contribution in [0, 0.1) is 10.1 Å². The maximum Gasteiger partial charge on any atom is 0.286 e. The van der Waals surface area contributed by atoms with Crippen LogP contribution in [0.3, 0.4) is 0 Å². The number of rotatable bonds is 8. The fraction of sp³-hybridized carbons (Fsp3) is 0.700. The van der Waals surface area contributed by atoms with Gasteiger partial charge in [0.05, 0.1) is 22.6 Å². The summed E-state index contributed by atoms with van der Waals surface area (Å²) >= 11 is 0. The third-order valence-electron chi connectivity index (χ3n) is 5.63. The molecule has 0 radical (unpaired) electrons. The molecule has 0 spiro atoms. The standard InChI is InChI=1S/C20H35N5O2/c1-6-14(2)20(23-18-10-8-7-9-11-18)22-15(3)19(25(26)27)16(4)24-13-12-21-17(24)5/h12-13,15,17-18,21-23H,6-11H2,1-5H3/b19-16-,20-14?. The predicted molar refractivity (Wildman–Crippen MR) is 109 cm³/mol. The van der Waals surface area contributed by atoms with Crippen molar-refractivity contribution in [2.24, 2.45) is 0 Å². The molecule has 2 aliphatic rings. The first-order valence-electron chi connectivity index (χ1n) is 10.1. The summed E-state index contributed by atoms with van der Waals surface area (Å²) in [6.07, 6.45) is 10.7. The van der Waals surface area contributed by atoms with E-state index in [0.29, 0.717) is 11.7 Å². The van der Waals surface area contributed by atoms with Gasteiger partial charge in [-0.25, -0.2) is 0 Å². The van der Waals surface area contributed by atoms with Crippen LogP contribution in [0.25, 0.3) is 0 Å². The molecule has 2 unspecified atom stereocenters. The highest BCUT2D eigenvalue weighted by molar-refractivity contribution is 5.19. The second-order valence-electron chi connectivity index (χ2n) is 7.65. The van der Waals surface area contributed by atoms with E-state index in [1.165, 1.54) is 24.8 Å². The van der Waals surface area contributed by atoms with Crippen molar-refractivity contribution >= 4 is 0 Å². The van der Waals surface area contributed by atoms with Crippen LogP contribution in [0.1, 0.15) is 73.1 Å². The minimum atomic E-state index is -0.409. The van der Waals surface area contributed by atoms with Crippen LogP contribution in [0.5, 0.6) is 0 Å². The Morgan fingerprint density at radius 1 is 1.33 bits per heavy atom. The highest BCUT2D eigenvalue weighted by Gasteiger charge is 2.30. The molecule has 3 N–H and O–H groups in total. The van der Waals surface area contributed by atoms with Crippen LogP contribution in [0.15, 0.2) is 35.2 Å². The van der Waals surface area contributed by atoms with Gasteiger partial charge in [-0.15, -0.1) is 0 Å². The zero-order valence-corrected chi connectivity index (χ0v) is 17.3. The third kappa shape index (κ3) is 5.40. The summed E-state index contributed by atoms with van der Waals surface area (Å²) in [4.78, 5) is 13.5. The van der Waals surface area contributed by atoms with Gasteiger partial charge in [0.2, 0.25) is 0 Å². The van der Waals surface area contributed by atoms with Crippen molar-refractivity contribution in [3.63, 3.8) is 0 Å². The molecule has 0 aromatic carbocycles. The number of hydrogen-bond donors (Lipinski definition) is 3. The quantitative estimate of drug-likeness (QED) is 0.441. The second kappa shape index (κ2) is 9.67. The Hall–Kier alpha value is -2.18. The summed E-state index contributed by atoms with van der Waals surface area (Å²) in [5, 5.41) is 22.1. The number of hydrogen-bond acceptors (Lipinski definition) is 6. The van der Waals surface area contributed by atoms with E-state index in [2.05, 4.69) is 29.8 Å². The van der Waals surface area contributed by atoms with Crippen molar-refractivity contribution in [2.75, 3.05) is 0 Å². The van der Waals surface area contributed by atoms with E-state index in [0.717, 1.165) is 25.1 Å². The Balaban J connectivity index is 2.21. The average molecular weight is 378 g/mol. The molecular weight excluding hydrogens is 342 g/mol. The fourth-order valence-electron chi connectivity index (χ4n) is 3.81. The van der Waals surface area contributed by atoms with Crippen molar-refractivity contribution in [3.05, 3.63) is 45.3 Å². The topological polar surface area (TPSA) is 82.5 Å². The molecule has 1 aliphatic carbocycles. The molecule has 0 aromatic heterocycles. The Kier molecular flexibility index (Phi) is 7.56. The highest BCUT2D eigenvalue weighted by Crippen LogP contribution is 2.22. The molecule has 0 bridgehead atoms. The Morgan fingerprint density at radius 2 is 2.00 bits per heavy atom. The van der Waals surface area contributed by atoms with E-state index < -0.39 is 6.04 Å². The van der Waals surface area contributed by atoms with Crippen molar-refractivity contribution in [2.45, 2.75) is 91.4 Å². The monoisotopic (exact) mass is 377 g/mol. The summed E-state index contributed by atoms with van der Waals surface area (Å²) in [5.74, 6) is 0.951. The van der Waals surface area contributed by atoms with Gasteiger partial charge in [-0.1, -0.05) is 26.2 Å². The van der Waals surface area contributed by atoms with Gasteiger partial charge in [0, 0.05) is 18.4 Å². The largest absolute Gasteiger partial charge is 0.370 e. The van der Waals surface area contributed by atoms with Crippen molar-refractivity contribution in [3.8, 4) is 0 Å². The fourth-order valence-corrected chi connectivity index (χ4v) is 3.81. The van der Waals surface area contributed by atoms with Crippen LogP contribution in [0.2, 0.25) is 0 Å². The van der Waals surface area contributed by atoms with E-state index in [1.54, 1.807) is 0 Å². The van der Waals surface area contributed by atoms with E-state index in [4.69, 9.17) is 0 Å². The molecule has 7 heteroatoms. The number of nitrogens with zero attached hydrogens (tertiary/aromatic N) is 2. The van der Waals surface area contributed by atoms with E-state index in [9.17, 15) is 10.1 Å². The van der Waals surface area contributed by atoms with Gasteiger partial charge in [0.25, 0.3) is 5.70 Å². The minimum absolute atomic E-state index is 0.0138. The zero-order valence-electron chi connectivity index (χ0n) is 17.3. The summed E-state index contributed by atoms with van der Waals surface area (Å²) in [5.41, 5.74) is 2.05.